The molecule has 0 spiro atoms. The fourth-order valence-corrected chi connectivity index (χ4v) is 1.31. The zero-order chi connectivity index (χ0) is 12.8. The van der Waals surface area contributed by atoms with Crippen LogP contribution in [0.4, 0.5) is 4.39 Å². The van der Waals surface area contributed by atoms with E-state index in [0.717, 1.165) is 6.54 Å². The van der Waals surface area contributed by atoms with Gasteiger partial charge >= 0.3 is 0 Å². The van der Waals surface area contributed by atoms with E-state index in [-0.39, 0.29) is 5.82 Å². The van der Waals surface area contributed by atoms with Crippen molar-refractivity contribution in [3.8, 4) is 5.75 Å². The number of hydrogen-bond acceptors (Lipinski definition) is 4. The molecule has 1 aromatic rings. The van der Waals surface area contributed by atoms with Crippen molar-refractivity contribution in [1.82, 2.24) is 4.90 Å². The van der Waals surface area contributed by atoms with Crippen LogP contribution in [-0.2, 0) is 0 Å². The molecule has 0 aliphatic heterocycles. The van der Waals surface area contributed by atoms with Gasteiger partial charge in [-0.1, -0.05) is 5.16 Å². The first-order valence-electron chi connectivity index (χ1n) is 5.30. The zero-order valence-electron chi connectivity index (χ0n) is 10.3. The number of ether oxygens (including phenoxy) is 1. The van der Waals surface area contributed by atoms with E-state index in [0.29, 0.717) is 23.6 Å². The second-order valence-corrected chi connectivity index (χ2v) is 3.98. The summed E-state index contributed by atoms with van der Waals surface area (Å²) >= 11 is 0. The molecule has 0 unspecified atom stereocenters. The van der Waals surface area contributed by atoms with E-state index >= 15 is 0 Å². The third-order valence-corrected chi connectivity index (χ3v) is 2.28. The Morgan fingerprint density at radius 3 is 2.76 bits per heavy atom. The summed E-state index contributed by atoms with van der Waals surface area (Å²) in [7, 11) is 3.85. The van der Waals surface area contributed by atoms with Crippen LogP contribution in [0.25, 0.3) is 0 Å². The van der Waals surface area contributed by atoms with Crippen LogP contribution in [0.15, 0.2) is 23.4 Å². The van der Waals surface area contributed by atoms with E-state index in [1.165, 1.54) is 18.2 Å². The van der Waals surface area contributed by atoms with Crippen LogP contribution in [0.2, 0.25) is 0 Å². The van der Waals surface area contributed by atoms with Gasteiger partial charge in [-0.05, 0) is 33.2 Å². The monoisotopic (exact) mass is 240 g/mol. The highest BCUT2D eigenvalue weighted by Crippen LogP contribution is 2.20. The van der Waals surface area contributed by atoms with Crippen molar-refractivity contribution in [2.75, 3.05) is 27.2 Å². The molecule has 0 amide bonds. The Labute approximate surface area is 100 Å². The van der Waals surface area contributed by atoms with Crippen LogP contribution in [-0.4, -0.2) is 43.1 Å². The molecule has 0 bridgehead atoms. The Bertz CT molecular complexity index is 405. The minimum atomic E-state index is -0.376. The lowest BCUT2D eigenvalue weighted by Crippen LogP contribution is -2.20. The van der Waals surface area contributed by atoms with Crippen molar-refractivity contribution >= 4 is 5.71 Å². The maximum absolute atomic E-state index is 13.1. The molecule has 94 valence electrons. The number of benzene rings is 1. The van der Waals surface area contributed by atoms with E-state index in [4.69, 9.17) is 9.94 Å². The molecule has 0 saturated carbocycles. The Morgan fingerprint density at radius 1 is 1.47 bits per heavy atom. The van der Waals surface area contributed by atoms with E-state index < -0.39 is 0 Å². The van der Waals surface area contributed by atoms with Gasteiger partial charge in [-0.15, -0.1) is 0 Å². The molecule has 0 atom stereocenters. The molecule has 0 aliphatic carbocycles. The number of likely N-dealkylation sites (N-methyl/N-ethyl adjacent to an activating group) is 1. The van der Waals surface area contributed by atoms with Crippen molar-refractivity contribution in [3.05, 3.63) is 29.6 Å². The number of oxime groups is 1. The van der Waals surface area contributed by atoms with Gasteiger partial charge in [0.15, 0.2) is 0 Å². The summed E-state index contributed by atoms with van der Waals surface area (Å²) in [4.78, 5) is 1.96. The third-order valence-electron chi connectivity index (χ3n) is 2.28. The Hall–Kier alpha value is -1.62. The topological polar surface area (TPSA) is 45.1 Å². The third kappa shape index (κ3) is 4.03. The normalized spacial score (nSPS) is 11.9. The molecule has 1 N–H and O–H groups in total. The molecule has 0 fully saturated rings. The molecule has 0 heterocycles. The largest absolute Gasteiger partial charge is 0.491 e. The highest BCUT2D eigenvalue weighted by Gasteiger charge is 2.09. The SMILES string of the molecule is C/C(=N\O)c1ccc(F)cc1OCCN(C)C. The molecule has 4 nitrogen and oxygen atoms in total. The van der Waals surface area contributed by atoms with Gasteiger partial charge in [0.2, 0.25) is 0 Å². The summed E-state index contributed by atoms with van der Waals surface area (Å²) in [6.07, 6.45) is 0. The lowest BCUT2D eigenvalue weighted by molar-refractivity contribution is 0.260. The summed E-state index contributed by atoms with van der Waals surface area (Å²) in [5.74, 6) is 0.0153. The van der Waals surface area contributed by atoms with Crippen LogP contribution < -0.4 is 4.74 Å². The van der Waals surface area contributed by atoms with Crippen LogP contribution in [0.5, 0.6) is 5.75 Å². The predicted molar refractivity (Wildman–Crippen MR) is 64.4 cm³/mol. The molecule has 0 aromatic heterocycles. The van der Waals surface area contributed by atoms with Gasteiger partial charge < -0.3 is 14.8 Å². The number of hydrogen-bond donors (Lipinski definition) is 1. The Balaban J connectivity index is 2.84. The first-order chi connectivity index (χ1) is 8.04. The first-order valence-corrected chi connectivity index (χ1v) is 5.30. The number of halogens is 1. The molecule has 1 aromatic carbocycles. The zero-order valence-corrected chi connectivity index (χ0v) is 10.3. The fraction of sp³-hybridized carbons (Fsp3) is 0.417. The molecule has 5 heteroatoms. The smallest absolute Gasteiger partial charge is 0.131 e. The molecular formula is C12H17FN2O2. The molecule has 1 rings (SSSR count). The number of rotatable bonds is 5. The second kappa shape index (κ2) is 6.20. The van der Waals surface area contributed by atoms with Crippen molar-refractivity contribution in [1.29, 1.82) is 0 Å². The summed E-state index contributed by atoms with van der Waals surface area (Å²) in [5.41, 5.74) is 0.984. The predicted octanol–water partition coefficient (Wildman–Crippen LogP) is 1.96. The van der Waals surface area contributed by atoms with Gasteiger partial charge in [0.05, 0.1) is 5.71 Å². The summed E-state index contributed by atoms with van der Waals surface area (Å²) < 4.78 is 18.6. The summed E-state index contributed by atoms with van der Waals surface area (Å²) in [6.45, 7) is 2.81. The molecule has 0 aliphatic rings. The molecular weight excluding hydrogens is 223 g/mol. The van der Waals surface area contributed by atoms with Crippen LogP contribution in [0.1, 0.15) is 12.5 Å². The maximum atomic E-state index is 13.1. The van der Waals surface area contributed by atoms with Gasteiger partial charge in [0, 0.05) is 18.2 Å². The van der Waals surface area contributed by atoms with Gasteiger partial charge in [-0.3, -0.25) is 0 Å². The average molecular weight is 240 g/mol. The van der Waals surface area contributed by atoms with Gasteiger partial charge in [-0.2, -0.15) is 0 Å². The van der Waals surface area contributed by atoms with Crippen LogP contribution in [0.3, 0.4) is 0 Å². The lowest BCUT2D eigenvalue weighted by atomic mass is 10.1. The Morgan fingerprint density at radius 2 is 2.18 bits per heavy atom. The molecule has 17 heavy (non-hydrogen) atoms. The van der Waals surface area contributed by atoms with E-state index in [2.05, 4.69) is 5.16 Å². The standard InChI is InChI=1S/C12H17FN2O2/c1-9(14-16)11-5-4-10(13)8-12(11)17-7-6-15(2)3/h4-5,8,16H,6-7H2,1-3H3/b14-9+. The van der Waals surface area contributed by atoms with Crippen molar-refractivity contribution in [2.24, 2.45) is 5.16 Å². The van der Waals surface area contributed by atoms with E-state index in [1.54, 1.807) is 6.92 Å². The van der Waals surface area contributed by atoms with Crippen LogP contribution in [0, 0.1) is 5.82 Å². The minimum Gasteiger partial charge on any atom is -0.491 e. The summed E-state index contributed by atoms with van der Waals surface area (Å²) in [6, 6.07) is 4.14. The van der Waals surface area contributed by atoms with Crippen molar-refractivity contribution in [2.45, 2.75) is 6.92 Å². The quantitative estimate of drug-likeness (QED) is 0.486. The molecule has 0 radical (unpaired) electrons. The van der Waals surface area contributed by atoms with Gasteiger partial charge in [0.1, 0.15) is 18.2 Å². The van der Waals surface area contributed by atoms with E-state index in [9.17, 15) is 4.39 Å². The average Bonchev–Trinajstić information content (AvgIpc) is 2.28. The highest BCUT2D eigenvalue weighted by molar-refractivity contribution is 6.00. The fourth-order valence-electron chi connectivity index (χ4n) is 1.31. The number of nitrogens with zero attached hydrogens (tertiary/aromatic N) is 2. The summed E-state index contributed by atoms with van der Waals surface area (Å²) in [5, 5.41) is 11.8. The van der Waals surface area contributed by atoms with E-state index in [1.807, 2.05) is 19.0 Å². The minimum absolute atomic E-state index is 0.376. The maximum Gasteiger partial charge on any atom is 0.131 e. The second-order valence-electron chi connectivity index (χ2n) is 3.98. The Kier molecular flexibility index (Phi) is 4.90. The van der Waals surface area contributed by atoms with Crippen molar-refractivity contribution < 1.29 is 14.3 Å². The van der Waals surface area contributed by atoms with Crippen LogP contribution >= 0.6 is 0 Å². The highest BCUT2D eigenvalue weighted by atomic mass is 19.1. The lowest BCUT2D eigenvalue weighted by Gasteiger charge is -2.13. The first kappa shape index (κ1) is 13.4. The van der Waals surface area contributed by atoms with Crippen molar-refractivity contribution in [3.63, 3.8) is 0 Å². The van der Waals surface area contributed by atoms with Gasteiger partial charge in [-0.25, -0.2) is 4.39 Å². The molecule has 0 saturated heterocycles. The van der Waals surface area contributed by atoms with Gasteiger partial charge in [0.25, 0.3) is 0 Å².